The Balaban J connectivity index is 2.50. The maximum atomic E-state index is 8.54. The van der Waals surface area contributed by atoms with Gasteiger partial charge in [-0.25, -0.2) is 0 Å². The molecule has 0 bridgehead atoms. The molecule has 58 valence electrons. The normalized spacial score (nSPS) is 30.9. The summed E-state index contributed by atoms with van der Waals surface area (Å²) in [5, 5.41) is 14.9. The fraction of sp³-hybridized carbons (Fsp3) is 0.857. The van der Waals surface area contributed by atoms with Crippen LogP contribution in [0.5, 0.6) is 0 Å². The van der Waals surface area contributed by atoms with E-state index in [0.29, 0.717) is 6.04 Å². The first-order chi connectivity index (χ1) is 4.88. The van der Waals surface area contributed by atoms with E-state index in [0.717, 1.165) is 25.0 Å². The third-order valence-electron chi connectivity index (χ3n) is 2.05. The van der Waals surface area contributed by atoms with Crippen molar-refractivity contribution in [3.8, 4) is 0 Å². The van der Waals surface area contributed by atoms with Crippen LogP contribution >= 0.6 is 0 Å². The monoisotopic (exact) mass is 142 g/mol. The molecule has 0 aromatic heterocycles. The lowest BCUT2D eigenvalue weighted by Crippen LogP contribution is -2.36. The predicted octanol–water partition coefficient (Wildman–Crippen LogP) is 0.979. The lowest BCUT2D eigenvalue weighted by molar-refractivity contribution is 0.311. The van der Waals surface area contributed by atoms with E-state index in [1.807, 2.05) is 7.05 Å². The highest BCUT2D eigenvalue weighted by atomic mass is 16.4. The van der Waals surface area contributed by atoms with Crippen LogP contribution in [0.15, 0.2) is 5.16 Å². The van der Waals surface area contributed by atoms with Crippen LogP contribution in [0.25, 0.3) is 0 Å². The summed E-state index contributed by atoms with van der Waals surface area (Å²) < 4.78 is 0. The Morgan fingerprint density at radius 3 is 2.90 bits per heavy atom. The highest BCUT2D eigenvalue weighted by Crippen LogP contribution is 2.14. The van der Waals surface area contributed by atoms with Crippen molar-refractivity contribution in [2.75, 3.05) is 7.05 Å². The molecule has 2 N–H and O–H groups in total. The zero-order valence-electron chi connectivity index (χ0n) is 6.30. The Labute approximate surface area is 61.1 Å². The Kier molecular flexibility index (Phi) is 2.68. The number of hydrogen-bond donors (Lipinski definition) is 2. The molecular formula is C7H14N2O. The van der Waals surface area contributed by atoms with Gasteiger partial charge in [0, 0.05) is 6.04 Å². The molecule has 1 aliphatic rings. The highest BCUT2D eigenvalue weighted by Gasteiger charge is 2.18. The van der Waals surface area contributed by atoms with Crippen LogP contribution in [0.1, 0.15) is 25.7 Å². The number of nitrogens with zero attached hydrogens (tertiary/aromatic N) is 1. The molecule has 0 saturated heterocycles. The molecule has 0 aromatic carbocycles. The van der Waals surface area contributed by atoms with Crippen molar-refractivity contribution in [1.82, 2.24) is 5.32 Å². The second-order valence-electron chi connectivity index (χ2n) is 2.68. The van der Waals surface area contributed by atoms with Crippen molar-refractivity contribution in [1.29, 1.82) is 0 Å². The molecule has 1 atom stereocenters. The molecule has 0 radical (unpaired) electrons. The molecule has 3 heteroatoms. The largest absolute Gasteiger partial charge is 0.411 e. The summed E-state index contributed by atoms with van der Waals surface area (Å²) in [5.41, 5.74) is 0.911. The predicted molar refractivity (Wildman–Crippen MR) is 40.5 cm³/mol. The Morgan fingerprint density at radius 1 is 1.60 bits per heavy atom. The number of nitrogens with one attached hydrogen (secondary N) is 1. The minimum atomic E-state index is 0.318. The standard InChI is InChI=1S/C7H14N2O/c1-8-6-4-2-3-5-7(6)9-10/h6,8,10H,2-5H2,1H3/b9-7-. The van der Waals surface area contributed by atoms with E-state index >= 15 is 0 Å². The van der Waals surface area contributed by atoms with Crippen molar-refractivity contribution in [3.63, 3.8) is 0 Å². The molecule has 1 rings (SSSR count). The van der Waals surface area contributed by atoms with Gasteiger partial charge in [-0.3, -0.25) is 0 Å². The lowest BCUT2D eigenvalue weighted by atomic mass is 9.94. The Morgan fingerprint density at radius 2 is 2.40 bits per heavy atom. The van der Waals surface area contributed by atoms with Crippen molar-refractivity contribution in [2.24, 2.45) is 5.16 Å². The zero-order valence-corrected chi connectivity index (χ0v) is 6.30. The summed E-state index contributed by atoms with van der Waals surface area (Å²) >= 11 is 0. The maximum absolute atomic E-state index is 8.54. The van der Waals surface area contributed by atoms with Crippen LogP contribution in [0.4, 0.5) is 0 Å². The van der Waals surface area contributed by atoms with Gasteiger partial charge in [0.2, 0.25) is 0 Å². The molecule has 1 fully saturated rings. The smallest absolute Gasteiger partial charge is 0.0739 e. The van der Waals surface area contributed by atoms with E-state index in [4.69, 9.17) is 5.21 Å². The molecular weight excluding hydrogens is 128 g/mol. The molecule has 0 aromatic rings. The van der Waals surface area contributed by atoms with E-state index in [1.165, 1.54) is 6.42 Å². The summed E-state index contributed by atoms with van der Waals surface area (Å²) in [4.78, 5) is 0. The van der Waals surface area contributed by atoms with E-state index < -0.39 is 0 Å². The third kappa shape index (κ3) is 1.48. The van der Waals surface area contributed by atoms with Gasteiger partial charge in [0.25, 0.3) is 0 Å². The van der Waals surface area contributed by atoms with Crippen LogP contribution in [0, 0.1) is 0 Å². The quantitative estimate of drug-likeness (QED) is 0.423. The van der Waals surface area contributed by atoms with Crippen molar-refractivity contribution in [3.05, 3.63) is 0 Å². The fourth-order valence-electron chi connectivity index (χ4n) is 1.43. The van der Waals surface area contributed by atoms with Gasteiger partial charge in [0.15, 0.2) is 0 Å². The average Bonchev–Trinajstić information content (AvgIpc) is 2.04. The van der Waals surface area contributed by atoms with Crippen LogP contribution in [-0.2, 0) is 0 Å². The number of rotatable bonds is 1. The first-order valence-electron chi connectivity index (χ1n) is 3.76. The topological polar surface area (TPSA) is 44.6 Å². The summed E-state index contributed by atoms with van der Waals surface area (Å²) in [6, 6.07) is 0.318. The number of hydrogen-bond acceptors (Lipinski definition) is 3. The molecule has 0 aliphatic heterocycles. The first kappa shape index (κ1) is 7.54. The SMILES string of the molecule is CNC1CCCC/C1=N/O. The van der Waals surface area contributed by atoms with Crippen LogP contribution in [-0.4, -0.2) is 24.0 Å². The van der Waals surface area contributed by atoms with Crippen LogP contribution in [0.3, 0.4) is 0 Å². The van der Waals surface area contributed by atoms with Gasteiger partial charge < -0.3 is 10.5 Å². The van der Waals surface area contributed by atoms with Crippen molar-refractivity contribution >= 4 is 5.71 Å². The molecule has 1 unspecified atom stereocenters. The van der Waals surface area contributed by atoms with Gasteiger partial charge in [0.05, 0.1) is 5.71 Å². The second kappa shape index (κ2) is 3.56. The summed E-state index contributed by atoms with van der Waals surface area (Å²) in [6.45, 7) is 0. The molecule has 1 aliphatic carbocycles. The summed E-state index contributed by atoms with van der Waals surface area (Å²) in [7, 11) is 1.90. The van der Waals surface area contributed by atoms with E-state index in [1.54, 1.807) is 0 Å². The number of oxime groups is 1. The highest BCUT2D eigenvalue weighted by molar-refractivity contribution is 5.89. The van der Waals surface area contributed by atoms with Crippen molar-refractivity contribution in [2.45, 2.75) is 31.7 Å². The summed E-state index contributed by atoms with van der Waals surface area (Å²) in [6.07, 6.45) is 4.46. The van der Waals surface area contributed by atoms with Gasteiger partial charge in [-0.05, 0) is 26.3 Å². The Hall–Kier alpha value is -0.570. The lowest BCUT2D eigenvalue weighted by Gasteiger charge is -2.21. The minimum Gasteiger partial charge on any atom is -0.411 e. The maximum Gasteiger partial charge on any atom is 0.0739 e. The molecule has 10 heavy (non-hydrogen) atoms. The van der Waals surface area contributed by atoms with Gasteiger partial charge in [-0.2, -0.15) is 0 Å². The summed E-state index contributed by atoms with van der Waals surface area (Å²) in [5.74, 6) is 0. The molecule has 0 heterocycles. The average molecular weight is 142 g/mol. The van der Waals surface area contributed by atoms with Gasteiger partial charge in [0.1, 0.15) is 0 Å². The zero-order chi connectivity index (χ0) is 7.40. The van der Waals surface area contributed by atoms with Gasteiger partial charge >= 0.3 is 0 Å². The van der Waals surface area contributed by atoms with Gasteiger partial charge in [-0.15, -0.1) is 0 Å². The Bertz CT molecular complexity index is 134. The third-order valence-corrected chi connectivity index (χ3v) is 2.05. The minimum absolute atomic E-state index is 0.318. The van der Waals surface area contributed by atoms with E-state index in [9.17, 15) is 0 Å². The van der Waals surface area contributed by atoms with Crippen LogP contribution < -0.4 is 5.32 Å². The molecule has 0 spiro atoms. The van der Waals surface area contributed by atoms with Crippen molar-refractivity contribution < 1.29 is 5.21 Å². The molecule has 3 nitrogen and oxygen atoms in total. The fourth-order valence-corrected chi connectivity index (χ4v) is 1.43. The second-order valence-corrected chi connectivity index (χ2v) is 2.68. The molecule has 1 saturated carbocycles. The van der Waals surface area contributed by atoms with E-state index in [-0.39, 0.29) is 0 Å². The van der Waals surface area contributed by atoms with Gasteiger partial charge in [-0.1, -0.05) is 11.6 Å². The van der Waals surface area contributed by atoms with Crippen LogP contribution in [0.2, 0.25) is 0 Å². The first-order valence-corrected chi connectivity index (χ1v) is 3.76. The van der Waals surface area contributed by atoms with E-state index in [2.05, 4.69) is 10.5 Å². The molecule has 0 amide bonds.